The van der Waals surface area contributed by atoms with E-state index in [1.54, 1.807) is 7.11 Å². The minimum Gasteiger partial charge on any atom is -0.475 e. The van der Waals surface area contributed by atoms with Crippen LogP contribution in [0.1, 0.15) is 77.2 Å². The maximum Gasteiger partial charge on any atom is 0.191 e. The SMILES string of the molecule is COC(C)OCOc1cc2ccc(-c3ccccc3OC(C)N3CCCCC3)cc2cc1C12CC3CC(CC(C3)C1)C2. The topological polar surface area (TPSA) is 40.2 Å². The Balaban J connectivity index is 1.23. The minimum absolute atomic E-state index is 0.0670. The number of piperidine rings is 1. The predicted molar refractivity (Wildman–Crippen MR) is 168 cm³/mol. The van der Waals surface area contributed by atoms with Crippen molar-refractivity contribution in [1.29, 1.82) is 0 Å². The second-order valence-corrected chi connectivity index (χ2v) is 13.7. The molecule has 3 aromatic carbocycles. The zero-order valence-electron chi connectivity index (χ0n) is 25.6. The van der Waals surface area contributed by atoms with Crippen LogP contribution in [0.4, 0.5) is 0 Å². The standard InChI is InChI=1S/C37H47NO4/c1-25(38-13-7-4-8-14-38)42-35-10-6-5-9-33(35)31-12-11-30-20-36(41-24-40-26(2)39-3)34(19-32(30)18-31)37-21-27-15-28(22-37)17-29(16-27)23-37/h5-6,9-12,18-20,25-29H,4,7-8,13-17,21-24H2,1-3H3. The Labute approximate surface area is 251 Å². The van der Waals surface area contributed by atoms with Crippen LogP contribution in [0.3, 0.4) is 0 Å². The van der Waals surface area contributed by atoms with Gasteiger partial charge in [0.2, 0.25) is 0 Å². The highest BCUT2D eigenvalue weighted by atomic mass is 16.7. The van der Waals surface area contributed by atoms with Crippen LogP contribution in [-0.2, 0) is 14.9 Å². The van der Waals surface area contributed by atoms with E-state index in [-0.39, 0.29) is 24.7 Å². The predicted octanol–water partition coefficient (Wildman–Crippen LogP) is 8.53. The van der Waals surface area contributed by atoms with Crippen LogP contribution in [-0.4, -0.2) is 44.4 Å². The fraction of sp³-hybridized carbons (Fsp3) is 0.568. The first-order chi connectivity index (χ1) is 20.5. The van der Waals surface area contributed by atoms with Crippen LogP contribution in [0.5, 0.6) is 11.5 Å². The van der Waals surface area contributed by atoms with Gasteiger partial charge in [0.25, 0.3) is 0 Å². The number of likely N-dealkylation sites (tertiary alicyclic amines) is 1. The summed E-state index contributed by atoms with van der Waals surface area (Å²) in [6, 6.07) is 20.1. The highest BCUT2D eigenvalue weighted by molar-refractivity contribution is 5.90. The van der Waals surface area contributed by atoms with Gasteiger partial charge >= 0.3 is 0 Å². The van der Waals surface area contributed by atoms with Gasteiger partial charge in [-0.1, -0.05) is 36.8 Å². The molecule has 5 heteroatoms. The number of nitrogens with zero attached hydrogens (tertiary/aromatic N) is 1. The monoisotopic (exact) mass is 569 g/mol. The van der Waals surface area contributed by atoms with Gasteiger partial charge in [-0.25, -0.2) is 0 Å². The van der Waals surface area contributed by atoms with Crippen LogP contribution >= 0.6 is 0 Å². The lowest BCUT2D eigenvalue weighted by Gasteiger charge is -2.57. The molecular weight excluding hydrogens is 522 g/mol. The van der Waals surface area contributed by atoms with Gasteiger partial charge in [0.15, 0.2) is 13.1 Å². The lowest BCUT2D eigenvalue weighted by Crippen LogP contribution is -2.48. The van der Waals surface area contributed by atoms with Gasteiger partial charge in [-0.2, -0.15) is 0 Å². The van der Waals surface area contributed by atoms with E-state index in [1.165, 1.54) is 79.7 Å². The smallest absolute Gasteiger partial charge is 0.191 e. The summed E-state index contributed by atoms with van der Waals surface area (Å²) in [7, 11) is 1.66. The zero-order valence-corrected chi connectivity index (χ0v) is 25.6. The fourth-order valence-corrected chi connectivity index (χ4v) is 9.03. The van der Waals surface area contributed by atoms with Crippen molar-refractivity contribution in [3.8, 4) is 22.6 Å². The molecule has 0 aromatic heterocycles. The normalized spacial score (nSPS) is 28.6. The zero-order chi connectivity index (χ0) is 28.7. The highest BCUT2D eigenvalue weighted by Crippen LogP contribution is 2.62. The first-order valence-electron chi connectivity index (χ1n) is 16.4. The number of ether oxygens (including phenoxy) is 4. The third-order valence-electron chi connectivity index (χ3n) is 10.8. The van der Waals surface area contributed by atoms with Gasteiger partial charge in [-0.3, -0.25) is 4.90 Å². The molecule has 224 valence electrons. The summed E-state index contributed by atoms with van der Waals surface area (Å²) < 4.78 is 24.1. The molecular formula is C37H47NO4. The number of fused-ring (bicyclic) bond motifs is 1. The van der Waals surface area contributed by atoms with E-state index in [4.69, 9.17) is 18.9 Å². The molecule has 4 saturated carbocycles. The average molecular weight is 570 g/mol. The Kier molecular flexibility index (Phi) is 7.94. The summed E-state index contributed by atoms with van der Waals surface area (Å²) in [6.07, 6.45) is 11.8. The molecule has 1 aliphatic heterocycles. The summed E-state index contributed by atoms with van der Waals surface area (Å²) in [6.45, 7) is 6.52. The minimum atomic E-state index is -0.295. The van der Waals surface area contributed by atoms with E-state index >= 15 is 0 Å². The van der Waals surface area contributed by atoms with Crippen LogP contribution < -0.4 is 9.47 Å². The van der Waals surface area contributed by atoms with Gasteiger partial charge in [-0.15, -0.1) is 0 Å². The molecule has 1 heterocycles. The highest BCUT2D eigenvalue weighted by Gasteiger charge is 2.52. The Morgan fingerprint density at radius 2 is 1.52 bits per heavy atom. The van der Waals surface area contributed by atoms with Crippen LogP contribution in [0.25, 0.3) is 21.9 Å². The van der Waals surface area contributed by atoms with Gasteiger partial charge in [-0.05, 0) is 129 Å². The Hall–Kier alpha value is -2.60. The molecule has 5 aliphatic rings. The Morgan fingerprint density at radius 1 is 0.810 bits per heavy atom. The number of rotatable bonds is 10. The second-order valence-electron chi connectivity index (χ2n) is 13.7. The second kappa shape index (κ2) is 11.8. The van der Waals surface area contributed by atoms with Crippen LogP contribution in [0, 0.1) is 17.8 Å². The molecule has 5 nitrogen and oxygen atoms in total. The molecule has 2 unspecified atom stereocenters. The van der Waals surface area contributed by atoms with Crippen molar-refractivity contribution in [2.24, 2.45) is 17.8 Å². The van der Waals surface area contributed by atoms with Crippen molar-refractivity contribution in [2.75, 3.05) is 27.0 Å². The van der Waals surface area contributed by atoms with Gasteiger partial charge in [0, 0.05) is 31.3 Å². The molecule has 42 heavy (non-hydrogen) atoms. The molecule has 1 saturated heterocycles. The lowest BCUT2D eigenvalue weighted by molar-refractivity contribution is -0.150. The molecule has 4 bridgehead atoms. The number of hydrogen-bond donors (Lipinski definition) is 0. The Morgan fingerprint density at radius 3 is 2.24 bits per heavy atom. The summed E-state index contributed by atoms with van der Waals surface area (Å²) in [4.78, 5) is 2.47. The maximum absolute atomic E-state index is 6.61. The lowest BCUT2D eigenvalue weighted by atomic mass is 9.48. The third kappa shape index (κ3) is 5.56. The molecule has 0 amide bonds. The van der Waals surface area contributed by atoms with Crippen molar-refractivity contribution >= 4 is 10.8 Å². The van der Waals surface area contributed by atoms with Crippen molar-refractivity contribution in [2.45, 2.75) is 89.6 Å². The molecule has 8 rings (SSSR count). The summed E-state index contributed by atoms with van der Waals surface area (Å²) >= 11 is 0. The largest absolute Gasteiger partial charge is 0.475 e. The van der Waals surface area contributed by atoms with Gasteiger partial charge in [0.05, 0.1) is 0 Å². The number of hydrogen-bond acceptors (Lipinski definition) is 5. The average Bonchev–Trinajstić information content (AvgIpc) is 3.00. The molecule has 2 atom stereocenters. The van der Waals surface area contributed by atoms with E-state index < -0.39 is 0 Å². The third-order valence-corrected chi connectivity index (χ3v) is 10.8. The van der Waals surface area contributed by atoms with Crippen molar-refractivity contribution in [1.82, 2.24) is 4.90 Å². The molecule has 0 radical (unpaired) electrons. The van der Waals surface area contributed by atoms with E-state index in [0.29, 0.717) is 0 Å². The molecule has 5 fully saturated rings. The van der Waals surface area contributed by atoms with E-state index in [1.807, 2.05) is 6.92 Å². The first-order valence-corrected chi connectivity index (χ1v) is 16.4. The molecule has 0 spiro atoms. The molecule has 3 aromatic rings. The molecule has 0 N–H and O–H groups in total. The van der Waals surface area contributed by atoms with E-state index in [0.717, 1.165) is 47.9 Å². The first kappa shape index (κ1) is 28.2. The summed E-state index contributed by atoms with van der Waals surface area (Å²) in [5.74, 6) is 4.53. The maximum atomic E-state index is 6.61. The van der Waals surface area contributed by atoms with Crippen molar-refractivity contribution < 1.29 is 18.9 Å². The van der Waals surface area contributed by atoms with Gasteiger partial charge < -0.3 is 18.9 Å². The summed E-state index contributed by atoms with van der Waals surface area (Å²) in [5, 5.41) is 2.47. The number of para-hydroxylation sites is 1. The van der Waals surface area contributed by atoms with Crippen LogP contribution in [0.15, 0.2) is 54.6 Å². The van der Waals surface area contributed by atoms with Crippen molar-refractivity contribution in [3.63, 3.8) is 0 Å². The molecule has 4 aliphatic carbocycles. The van der Waals surface area contributed by atoms with Gasteiger partial charge in [0.1, 0.15) is 17.7 Å². The summed E-state index contributed by atoms with van der Waals surface area (Å²) in [5.41, 5.74) is 3.96. The fourth-order valence-electron chi connectivity index (χ4n) is 9.03. The van der Waals surface area contributed by atoms with Crippen LogP contribution in [0.2, 0.25) is 0 Å². The quantitative estimate of drug-likeness (QED) is 0.229. The van der Waals surface area contributed by atoms with E-state index in [9.17, 15) is 0 Å². The number of benzene rings is 3. The Bertz CT molecular complexity index is 1360. The van der Waals surface area contributed by atoms with E-state index in [2.05, 4.69) is 66.4 Å². The number of methoxy groups -OCH3 is 1. The van der Waals surface area contributed by atoms with Crippen molar-refractivity contribution in [3.05, 3.63) is 60.2 Å².